The van der Waals surface area contributed by atoms with Crippen LogP contribution in [0.15, 0.2) is 0 Å². The molecule has 0 saturated carbocycles. The molecular weight excluding hydrogens is 258 g/mol. The molecule has 0 aliphatic carbocycles. The molecule has 0 spiro atoms. The first kappa shape index (κ1) is 13.2. The third-order valence-electron chi connectivity index (χ3n) is 0.901. The third kappa shape index (κ3) is 5.35. The van der Waals surface area contributed by atoms with Crippen LogP contribution in [0.3, 0.4) is 0 Å². The molecule has 0 heterocycles. The van der Waals surface area contributed by atoms with E-state index < -0.39 is 5.38 Å². The van der Waals surface area contributed by atoms with Crippen molar-refractivity contribution in [1.29, 1.82) is 0 Å². The Labute approximate surface area is 83.2 Å². The van der Waals surface area contributed by atoms with Gasteiger partial charge in [0, 0.05) is 0 Å². The zero-order chi connectivity index (χ0) is 7.28. The van der Waals surface area contributed by atoms with Crippen LogP contribution in [0.4, 0.5) is 0 Å². The maximum absolute atomic E-state index is 10.6. The molecule has 0 amide bonds. The standard InChI is InChI=1S/C6H11ClO2.Sn.4H/c1-3-5(7)6(8)9-4-2;;;;;/h5H,3-4H2,1-2H3;;;;;. The van der Waals surface area contributed by atoms with E-state index in [4.69, 9.17) is 11.6 Å². The van der Waals surface area contributed by atoms with Crippen LogP contribution in [0.25, 0.3) is 0 Å². The van der Waals surface area contributed by atoms with Crippen LogP contribution >= 0.6 is 11.6 Å². The normalized spacial score (nSPS) is 11.5. The van der Waals surface area contributed by atoms with Gasteiger partial charge in [0.05, 0.1) is 6.61 Å². The second kappa shape index (κ2) is 7.66. The van der Waals surface area contributed by atoms with E-state index in [2.05, 4.69) is 4.74 Å². The Kier molecular flexibility index (Phi) is 10.1. The summed E-state index contributed by atoms with van der Waals surface area (Å²) >= 11 is 5.52. The number of carbonyl (C=O) groups excluding carboxylic acids is 1. The van der Waals surface area contributed by atoms with Gasteiger partial charge in [0.2, 0.25) is 0 Å². The zero-order valence-corrected chi connectivity index (χ0v) is 6.44. The SMILES string of the molecule is CCOC(=O)C(Cl)CC.[SnH4]. The van der Waals surface area contributed by atoms with Crippen molar-refractivity contribution in [2.24, 2.45) is 0 Å². The monoisotopic (exact) mass is 274 g/mol. The molecule has 0 aromatic rings. The molecule has 0 N–H and O–H groups in total. The number of ether oxygens (including phenoxy) is 1. The predicted octanol–water partition coefficient (Wildman–Crippen LogP) is 0.115. The van der Waals surface area contributed by atoms with Crippen LogP contribution in [0.5, 0.6) is 0 Å². The van der Waals surface area contributed by atoms with Gasteiger partial charge in [0.1, 0.15) is 5.38 Å². The van der Waals surface area contributed by atoms with Crippen LogP contribution in [0.2, 0.25) is 0 Å². The van der Waals surface area contributed by atoms with E-state index in [-0.39, 0.29) is 29.9 Å². The fourth-order valence-electron chi connectivity index (χ4n) is 0.399. The van der Waals surface area contributed by atoms with Crippen molar-refractivity contribution < 1.29 is 9.53 Å². The summed E-state index contributed by atoms with van der Waals surface area (Å²) in [4.78, 5) is 10.6. The minimum absolute atomic E-state index is 0. The van der Waals surface area contributed by atoms with Crippen molar-refractivity contribution >= 4 is 41.5 Å². The van der Waals surface area contributed by atoms with Crippen LogP contribution in [0, 0.1) is 0 Å². The van der Waals surface area contributed by atoms with E-state index in [1.165, 1.54) is 0 Å². The zero-order valence-electron chi connectivity index (χ0n) is 5.69. The van der Waals surface area contributed by atoms with Gasteiger partial charge in [-0.1, -0.05) is 6.92 Å². The molecule has 0 rings (SSSR count). The number of alkyl halides is 1. The van der Waals surface area contributed by atoms with Gasteiger partial charge in [-0.3, -0.25) is 4.79 Å². The summed E-state index contributed by atoms with van der Waals surface area (Å²) in [6.45, 7) is 4.01. The number of esters is 1. The van der Waals surface area contributed by atoms with Gasteiger partial charge in [-0.15, -0.1) is 11.6 Å². The summed E-state index contributed by atoms with van der Waals surface area (Å²) in [5.41, 5.74) is 0. The Balaban J connectivity index is 0. The van der Waals surface area contributed by atoms with Gasteiger partial charge < -0.3 is 4.74 Å². The van der Waals surface area contributed by atoms with Gasteiger partial charge in [-0.2, -0.15) is 0 Å². The Morgan fingerprint density at radius 3 is 2.40 bits per heavy atom. The first-order valence-electron chi connectivity index (χ1n) is 3.03. The Morgan fingerprint density at radius 1 is 1.60 bits per heavy atom. The molecule has 0 fully saturated rings. The first-order chi connectivity index (χ1) is 4.22. The van der Waals surface area contributed by atoms with E-state index >= 15 is 0 Å². The average molecular weight is 273 g/mol. The number of hydrogen-bond acceptors (Lipinski definition) is 2. The molecule has 62 valence electrons. The second-order valence-electron chi connectivity index (χ2n) is 1.63. The quantitative estimate of drug-likeness (QED) is 0.415. The van der Waals surface area contributed by atoms with Gasteiger partial charge >= 0.3 is 29.9 Å². The van der Waals surface area contributed by atoms with E-state index in [9.17, 15) is 4.79 Å². The van der Waals surface area contributed by atoms with Gasteiger partial charge in [0.15, 0.2) is 0 Å². The number of halogens is 1. The van der Waals surface area contributed by atoms with E-state index in [0.29, 0.717) is 13.0 Å². The molecule has 0 aliphatic heterocycles. The van der Waals surface area contributed by atoms with E-state index in [1.807, 2.05) is 6.92 Å². The van der Waals surface area contributed by atoms with Gasteiger partial charge in [-0.05, 0) is 13.3 Å². The predicted molar refractivity (Wildman–Crippen MR) is 47.9 cm³/mol. The summed E-state index contributed by atoms with van der Waals surface area (Å²) < 4.78 is 4.62. The van der Waals surface area contributed by atoms with Crippen molar-refractivity contribution in [2.45, 2.75) is 25.6 Å². The fourth-order valence-corrected chi connectivity index (χ4v) is 0.462. The third-order valence-corrected chi connectivity index (χ3v) is 1.39. The summed E-state index contributed by atoms with van der Waals surface area (Å²) in [5, 5.41) is -0.468. The molecule has 1 unspecified atom stereocenters. The fraction of sp³-hybridized carbons (Fsp3) is 0.833. The summed E-state index contributed by atoms with van der Waals surface area (Å²) in [6, 6.07) is 0. The number of hydrogen-bond donors (Lipinski definition) is 0. The summed E-state index contributed by atoms with van der Waals surface area (Å²) in [7, 11) is 0. The minimum atomic E-state index is -0.468. The summed E-state index contributed by atoms with van der Waals surface area (Å²) in [6.07, 6.45) is 0.625. The molecule has 0 aliphatic rings. The van der Waals surface area contributed by atoms with Crippen molar-refractivity contribution in [3.05, 3.63) is 0 Å². The maximum atomic E-state index is 10.6. The van der Waals surface area contributed by atoms with Crippen LogP contribution in [-0.4, -0.2) is 41.9 Å². The molecule has 2 nitrogen and oxygen atoms in total. The molecular formula is C6H15ClO2Sn. The van der Waals surface area contributed by atoms with Crippen molar-refractivity contribution in [3.8, 4) is 0 Å². The number of rotatable bonds is 3. The van der Waals surface area contributed by atoms with Gasteiger partial charge in [-0.25, -0.2) is 0 Å². The molecule has 4 heteroatoms. The van der Waals surface area contributed by atoms with Gasteiger partial charge in [0.25, 0.3) is 0 Å². The topological polar surface area (TPSA) is 26.3 Å². The van der Waals surface area contributed by atoms with Crippen molar-refractivity contribution in [3.63, 3.8) is 0 Å². The van der Waals surface area contributed by atoms with E-state index in [0.717, 1.165) is 0 Å². The summed E-state index contributed by atoms with van der Waals surface area (Å²) in [5.74, 6) is -0.318. The molecule has 0 bridgehead atoms. The van der Waals surface area contributed by atoms with Crippen LogP contribution < -0.4 is 0 Å². The van der Waals surface area contributed by atoms with Crippen LogP contribution in [-0.2, 0) is 9.53 Å². The van der Waals surface area contributed by atoms with Crippen molar-refractivity contribution in [2.75, 3.05) is 6.61 Å². The van der Waals surface area contributed by atoms with Crippen molar-refractivity contribution in [1.82, 2.24) is 0 Å². The van der Waals surface area contributed by atoms with E-state index in [1.54, 1.807) is 6.92 Å². The molecule has 0 aromatic heterocycles. The van der Waals surface area contributed by atoms with Crippen LogP contribution in [0.1, 0.15) is 20.3 Å². The second-order valence-corrected chi connectivity index (χ2v) is 2.15. The Hall–Kier alpha value is 0.559. The molecule has 0 saturated heterocycles. The Morgan fingerprint density at radius 2 is 2.10 bits per heavy atom. The first-order valence-corrected chi connectivity index (χ1v) is 3.46. The Bertz CT molecular complexity index is 97.7. The molecule has 10 heavy (non-hydrogen) atoms. The number of carbonyl (C=O) groups is 1. The molecule has 0 radical (unpaired) electrons. The molecule has 1 atom stereocenters. The average Bonchev–Trinajstić information content (AvgIpc) is 1.87. The molecule has 0 aromatic carbocycles.